The Labute approximate surface area is 724 Å². The van der Waals surface area contributed by atoms with Crippen molar-refractivity contribution in [2.24, 2.45) is 32.5 Å². The summed E-state index contributed by atoms with van der Waals surface area (Å²) in [4.78, 5) is 226. The zero-order chi connectivity index (χ0) is 96.8. The van der Waals surface area contributed by atoms with Crippen LogP contribution in [0.15, 0.2) is 0 Å². The summed E-state index contributed by atoms with van der Waals surface area (Å²) >= 11 is 0. The second kappa shape index (κ2) is 60.8. The summed E-state index contributed by atoms with van der Waals surface area (Å²) in [6, 6.07) is 0. The van der Waals surface area contributed by atoms with E-state index in [1.54, 1.807) is 0 Å². The molecule has 0 aliphatic carbocycles. The van der Waals surface area contributed by atoms with Crippen LogP contribution in [0.4, 0.5) is 19.2 Å². The summed E-state index contributed by atoms with van der Waals surface area (Å²) < 4.78 is 140. The number of esters is 14. The molecule has 4 N–H and O–H groups in total. The minimum absolute atomic E-state index is 0.0207. The first-order chi connectivity index (χ1) is 58.8. The minimum atomic E-state index is -1.97. The third-order valence-corrected chi connectivity index (χ3v) is 16.1. The lowest BCUT2D eigenvalue weighted by atomic mass is 9.93. The van der Waals surface area contributed by atoms with Gasteiger partial charge < -0.3 is 153 Å². The van der Waals surface area contributed by atoms with Crippen molar-refractivity contribution < 1.29 is 239 Å². The van der Waals surface area contributed by atoms with Crippen molar-refractivity contribution in [1.82, 2.24) is 0 Å². The first-order valence-electron chi connectivity index (χ1n) is 38.2. The summed E-state index contributed by atoms with van der Waals surface area (Å²) in [5, 5.41) is 37.4. The Morgan fingerprint density at radius 2 is 0.310 bits per heavy atom. The third kappa shape index (κ3) is 46.5. The van der Waals surface area contributed by atoms with Gasteiger partial charge in [0.15, 0.2) is 24.4 Å². The molecule has 724 valence electrons. The van der Waals surface area contributed by atoms with Gasteiger partial charge in [-0.05, 0) is 96.9 Å². The van der Waals surface area contributed by atoms with Crippen molar-refractivity contribution in [1.29, 1.82) is 0 Å². The Hall–Kier alpha value is -10.7. The predicted molar refractivity (Wildman–Crippen MR) is 408 cm³/mol. The van der Waals surface area contributed by atoms with E-state index in [0.717, 1.165) is 55.4 Å². The van der Waals surface area contributed by atoms with Crippen molar-refractivity contribution in [2.45, 2.75) is 146 Å². The number of aliphatic hydroxyl groups excluding tert-OH is 4. The first kappa shape index (κ1) is 117. The van der Waals surface area contributed by atoms with Gasteiger partial charge in [-0.1, -0.05) is 0 Å². The molecular weight excluding hydrogens is 1710 g/mol. The number of rotatable bonds is 60. The van der Waals surface area contributed by atoms with E-state index in [1.807, 2.05) is 0 Å². The van der Waals surface area contributed by atoms with Crippen LogP contribution in [-0.4, -0.2) is 379 Å². The van der Waals surface area contributed by atoms with E-state index in [-0.39, 0.29) is 79.3 Å². The normalized spacial score (nSPS) is 15.7. The lowest BCUT2D eigenvalue weighted by Gasteiger charge is -2.29. The predicted octanol–water partition coefficient (Wildman–Crippen LogP) is -0.816. The van der Waals surface area contributed by atoms with Crippen molar-refractivity contribution in [3.8, 4) is 0 Å². The molecule has 0 aliphatic rings. The SMILES string of the molecule is COCCOC(=O)C(C)(COC(=O)OCC(C)(COC(=O)[C@@H](C)OC(=O)[C@@H](C)O)C(=O)OCCOC)COC(=O)OCC(C)(COC(=O)[C@@H](C)OC(=O)[C@@H](C)O)C(=O)OCCOC.COCCOC(=O)C(C)(COC(=O)OCC(C)(COC(=O)[C@@H](C)OC(=O)[C@@H](C)O)C(=O)OCCOC)COC(=O)OCC(C)(COC(=O)[C@@H](C)OC(=O)[C@@H](C)O)C(=O)OCCOC. The van der Waals surface area contributed by atoms with E-state index in [4.69, 9.17) is 133 Å². The van der Waals surface area contributed by atoms with Crippen molar-refractivity contribution >= 4 is 108 Å². The quantitative estimate of drug-likeness (QED) is 0.0328. The Kier molecular flexibility index (Phi) is 56.6. The standard InChI is InChI=1S/2C38H60O25/c2*1-23(39)27(41)62-25(3)29(43)56-17-36(5,31(45)53-14-11-50-8)19-58-34(48)60-21-38(7,33(47)55-16-13-52-10)22-61-35(49)59-20-37(6,32(46)54-15-12-51-9)18-57-30(44)26(4)63-28(42)24(2)40/h2*23-26,39-40H,11-22H2,1-10H3/t2*23-,24-,25-,26-,36?,37?,38?/m11/s1. The van der Waals surface area contributed by atoms with Gasteiger partial charge in [-0.3, -0.25) is 28.8 Å². The average Bonchev–Trinajstić information content (AvgIpc) is 0.901. The van der Waals surface area contributed by atoms with Gasteiger partial charge >= 0.3 is 108 Å². The molecule has 0 aromatic carbocycles. The van der Waals surface area contributed by atoms with Crippen LogP contribution in [0.5, 0.6) is 0 Å². The summed E-state index contributed by atoms with van der Waals surface area (Å²) in [7, 11) is 8.02. The molecule has 0 saturated carbocycles. The van der Waals surface area contributed by atoms with Gasteiger partial charge in [-0.15, -0.1) is 0 Å². The summed E-state index contributed by atoms with van der Waals surface area (Å²) in [6.45, 7) is 4.56. The van der Waals surface area contributed by atoms with Gasteiger partial charge in [0.05, 0.1) is 39.6 Å². The number of carbonyl (C=O) groups is 18. The van der Waals surface area contributed by atoms with Crippen molar-refractivity contribution in [3.63, 3.8) is 0 Å². The Morgan fingerprint density at radius 1 is 0.190 bits per heavy atom. The molecule has 0 aromatic rings. The molecule has 50 heteroatoms. The van der Waals surface area contributed by atoms with Crippen LogP contribution in [0.25, 0.3) is 0 Å². The maximum Gasteiger partial charge on any atom is 0.508 e. The van der Waals surface area contributed by atoms with Gasteiger partial charge in [0.25, 0.3) is 0 Å². The lowest BCUT2D eigenvalue weighted by Crippen LogP contribution is -2.44. The lowest BCUT2D eigenvalue weighted by molar-refractivity contribution is -0.178. The highest BCUT2D eigenvalue weighted by Crippen LogP contribution is 2.29. The van der Waals surface area contributed by atoms with Gasteiger partial charge in [0.2, 0.25) is 0 Å². The van der Waals surface area contributed by atoms with Gasteiger partial charge in [0, 0.05) is 42.7 Å². The summed E-state index contributed by atoms with van der Waals surface area (Å²) in [6.07, 6.45) is -18.1. The molecule has 0 heterocycles. The fraction of sp³-hybridized carbons (Fsp3) is 0.763. The van der Waals surface area contributed by atoms with Gasteiger partial charge in [0.1, 0.15) is 176 Å². The smallest absolute Gasteiger partial charge is 0.463 e. The molecule has 0 saturated heterocycles. The maximum atomic E-state index is 13.2. The summed E-state index contributed by atoms with van der Waals surface area (Å²) in [5.41, 5.74) is -11.5. The van der Waals surface area contributed by atoms with Crippen LogP contribution in [0.1, 0.15) is 96.9 Å². The van der Waals surface area contributed by atoms with Crippen molar-refractivity contribution in [2.75, 3.05) is 201 Å². The first-order valence-corrected chi connectivity index (χ1v) is 38.2. The van der Waals surface area contributed by atoms with E-state index in [0.29, 0.717) is 0 Å². The van der Waals surface area contributed by atoms with Crippen LogP contribution >= 0.6 is 0 Å². The van der Waals surface area contributed by atoms with E-state index in [9.17, 15) is 107 Å². The number of hydrogen-bond donors (Lipinski definition) is 4. The second-order valence-corrected chi connectivity index (χ2v) is 28.9. The molecular formula is C76H120O50. The molecule has 0 fully saturated rings. The minimum Gasteiger partial charge on any atom is -0.463 e. The van der Waals surface area contributed by atoms with Gasteiger partial charge in [-0.2, -0.15) is 0 Å². The zero-order valence-corrected chi connectivity index (χ0v) is 74.2. The average molecular weight is 1830 g/mol. The molecule has 12 atom stereocenters. The highest BCUT2D eigenvalue weighted by Gasteiger charge is 2.47. The molecule has 0 aromatic heterocycles. The third-order valence-electron chi connectivity index (χ3n) is 16.1. The Bertz CT molecular complexity index is 3050. The Morgan fingerprint density at radius 3 is 0.421 bits per heavy atom. The van der Waals surface area contributed by atoms with Crippen LogP contribution in [0.3, 0.4) is 0 Å². The second-order valence-electron chi connectivity index (χ2n) is 28.9. The van der Waals surface area contributed by atoms with Crippen LogP contribution < -0.4 is 0 Å². The maximum absolute atomic E-state index is 13.2. The number of aliphatic hydroxyl groups is 4. The molecule has 0 spiro atoms. The fourth-order valence-corrected chi connectivity index (χ4v) is 7.90. The number of carbonyl (C=O) groups excluding carboxylic acids is 18. The molecule has 0 bridgehead atoms. The molecule has 0 amide bonds. The number of methoxy groups -OCH3 is 6. The zero-order valence-electron chi connectivity index (χ0n) is 74.2. The van der Waals surface area contributed by atoms with E-state index in [2.05, 4.69) is 0 Å². The van der Waals surface area contributed by atoms with Crippen LogP contribution in [0.2, 0.25) is 0 Å². The van der Waals surface area contributed by atoms with Crippen LogP contribution in [0, 0.1) is 32.5 Å². The molecule has 0 aliphatic heterocycles. The molecule has 126 heavy (non-hydrogen) atoms. The van der Waals surface area contributed by atoms with E-state index >= 15 is 0 Å². The highest BCUT2D eigenvalue weighted by molar-refractivity contribution is 5.86. The molecule has 4 unspecified atom stereocenters. The highest BCUT2D eigenvalue weighted by atomic mass is 16.8. The molecule has 0 radical (unpaired) electrons. The number of hydrogen-bond acceptors (Lipinski definition) is 50. The fourth-order valence-electron chi connectivity index (χ4n) is 7.90. The number of ether oxygens (including phenoxy) is 28. The van der Waals surface area contributed by atoms with E-state index < -0.39 is 269 Å². The summed E-state index contributed by atoms with van der Waals surface area (Å²) in [5.74, 6) is -15.2. The Balaban J connectivity index is 0. The molecule has 0 rings (SSSR count). The topological polar surface area (TPSA) is 647 Å². The van der Waals surface area contributed by atoms with E-state index in [1.165, 1.54) is 84.2 Å². The van der Waals surface area contributed by atoms with Gasteiger partial charge in [-0.25, -0.2) is 57.5 Å². The largest absolute Gasteiger partial charge is 0.508 e. The molecule has 50 nitrogen and oxygen atoms in total. The monoisotopic (exact) mass is 1830 g/mol. The van der Waals surface area contributed by atoms with Crippen molar-refractivity contribution in [3.05, 3.63) is 0 Å². The van der Waals surface area contributed by atoms with Crippen LogP contribution in [-0.2, 0) is 200 Å².